The van der Waals surface area contributed by atoms with Crippen LogP contribution in [0, 0.1) is 0 Å². The zero-order chi connectivity index (χ0) is 13.4. The third-order valence-electron chi connectivity index (χ3n) is 3.52. The number of carbonyl (C=O) groups excluding carboxylic acids is 1. The minimum atomic E-state index is -0.128. The summed E-state index contributed by atoms with van der Waals surface area (Å²) in [6.45, 7) is 0.774. The molecule has 19 heavy (non-hydrogen) atoms. The summed E-state index contributed by atoms with van der Waals surface area (Å²) in [6, 6.07) is 3.13. The van der Waals surface area contributed by atoms with Crippen LogP contribution in [-0.4, -0.2) is 41.9 Å². The van der Waals surface area contributed by atoms with Crippen molar-refractivity contribution in [3.05, 3.63) is 22.7 Å². The lowest BCUT2D eigenvalue weighted by Gasteiger charge is -2.23. The monoisotopic (exact) mass is 283 g/mol. The van der Waals surface area contributed by atoms with Gasteiger partial charge in [0.2, 0.25) is 6.79 Å². The van der Waals surface area contributed by atoms with Gasteiger partial charge in [0.25, 0.3) is 5.91 Å². The summed E-state index contributed by atoms with van der Waals surface area (Å²) in [4.78, 5) is 14.1. The Morgan fingerprint density at radius 3 is 3.11 bits per heavy atom. The minimum Gasteiger partial charge on any atom is -0.454 e. The number of aliphatic hydroxyl groups is 1. The van der Waals surface area contributed by atoms with Gasteiger partial charge >= 0.3 is 0 Å². The van der Waals surface area contributed by atoms with Gasteiger partial charge in [0.1, 0.15) is 0 Å². The predicted octanol–water partition coefficient (Wildman–Crippen LogP) is 1.67. The van der Waals surface area contributed by atoms with Gasteiger partial charge in [-0.05, 0) is 25.0 Å². The highest BCUT2D eigenvalue weighted by atomic mass is 35.5. The van der Waals surface area contributed by atoms with Gasteiger partial charge in [-0.1, -0.05) is 11.6 Å². The van der Waals surface area contributed by atoms with E-state index in [1.54, 1.807) is 17.0 Å². The molecule has 3 rings (SSSR count). The van der Waals surface area contributed by atoms with Crippen molar-refractivity contribution >= 4 is 17.5 Å². The van der Waals surface area contributed by atoms with E-state index < -0.39 is 0 Å². The SMILES string of the molecule is O=C(c1cc(Cl)c2c(c1)OCO2)N1CCC[C@@H]1CO. The largest absolute Gasteiger partial charge is 0.454 e. The number of aliphatic hydroxyl groups excluding tert-OH is 1. The highest BCUT2D eigenvalue weighted by molar-refractivity contribution is 6.32. The Morgan fingerprint density at radius 2 is 2.32 bits per heavy atom. The smallest absolute Gasteiger partial charge is 0.254 e. The van der Waals surface area contributed by atoms with E-state index in [4.69, 9.17) is 21.1 Å². The minimum absolute atomic E-state index is 0.00990. The average Bonchev–Trinajstić information content (AvgIpc) is 3.06. The average molecular weight is 284 g/mol. The number of halogens is 1. The zero-order valence-electron chi connectivity index (χ0n) is 10.3. The first-order chi connectivity index (χ1) is 9.20. The van der Waals surface area contributed by atoms with Crippen LogP contribution in [0.4, 0.5) is 0 Å². The van der Waals surface area contributed by atoms with E-state index >= 15 is 0 Å². The lowest BCUT2D eigenvalue weighted by atomic mass is 10.1. The third kappa shape index (κ3) is 2.13. The first kappa shape index (κ1) is 12.6. The van der Waals surface area contributed by atoms with Crippen LogP contribution in [0.5, 0.6) is 11.5 Å². The van der Waals surface area contributed by atoms with Crippen molar-refractivity contribution in [3.63, 3.8) is 0 Å². The molecule has 0 unspecified atom stereocenters. The summed E-state index contributed by atoms with van der Waals surface area (Å²) >= 11 is 6.07. The number of likely N-dealkylation sites (tertiary alicyclic amines) is 1. The molecule has 0 aliphatic carbocycles. The molecule has 1 amide bonds. The molecule has 0 aromatic heterocycles. The first-order valence-corrected chi connectivity index (χ1v) is 6.59. The van der Waals surface area contributed by atoms with E-state index in [-0.39, 0.29) is 25.3 Å². The second-order valence-electron chi connectivity index (χ2n) is 4.67. The van der Waals surface area contributed by atoms with Gasteiger partial charge in [-0.25, -0.2) is 0 Å². The molecule has 1 aromatic carbocycles. The number of hydrogen-bond acceptors (Lipinski definition) is 4. The molecule has 6 heteroatoms. The number of rotatable bonds is 2. The van der Waals surface area contributed by atoms with Crippen molar-refractivity contribution in [2.75, 3.05) is 19.9 Å². The Hall–Kier alpha value is -1.46. The fourth-order valence-electron chi connectivity index (χ4n) is 2.55. The second kappa shape index (κ2) is 4.90. The molecular weight excluding hydrogens is 270 g/mol. The van der Waals surface area contributed by atoms with Gasteiger partial charge in [-0.3, -0.25) is 4.79 Å². The molecular formula is C13H14ClNO4. The number of benzene rings is 1. The van der Waals surface area contributed by atoms with Gasteiger partial charge in [0, 0.05) is 12.1 Å². The summed E-state index contributed by atoms with van der Waals surface area (Å²) in [5, 5.41) is 9.65. The zero-order valence-corrected chi connectivity index (χ0v) is 11.0. The van der Waals surface area contributed by atoms with E-state index in [1.807, 2.05) is 0 Å². The molecule has 1 atom stereocenters. The Morgan fingerprint density at radius 1 is 1.47 bits per heavy atom. The van der Waals surface area contributed by atoms with Gasteiger partial charge in [0.05, 0.1) is 17.7 Å². The van der Waals surface area contributed by atoms with Crippen LogP contribution in [0.25, 0.3) is 0 Å². The number of nitrogens with zero attached hydrogens (tertiary/aromatic N) is 1. The van der Waals surface area contributed by atoms with Crippen LogP contribution in [0.1, 0.15) is 23.2 Å². The number of carbonyl (C=O) groups is 1. The standard InChI is InChI=1S/C13H14ClNO4/c14-10-4-8(5-11-12(10)19-7-18-11)13(17)15-3-1-2-9(15)6-16/h4-5,9,16H,1-3,6-7H2/t9-/m1/s1. The molecule has 1 N–H and O–H groups in total. The molecule has 102 valence electrons. The van der Waals surface area contributed by atoms with E-state index in [0.717, 1.165) is 12.8 Å². The maximum Gasteiger partial charge on any atom is 0.254 e. The van der Waals surface area contributed by atoms with Gasteiger partial charge in [0.15, 0.2) is 11.5 Å². The number of amides is 1. The van der Waals surface area contributed by atoms with Crippen LogP contribution in [-0.2, 0) is 0 Å². The summed E-state index contributed by atoms with van der Waals surface area (Å²) in [5.74, 6) is 0.852. The molecule has 2 heterocycles. The normalized spacial score (nSPS) is 20.9. The van der Waals surface area contributed by atoms with Gasteiger partial charge in [-0.2, -0.15) is 0 Å². The van der Waals surface area contributed by atoms with Crippen molar-refractivity contribution in [1.82, 2.24) is 4.90 Å². The van der Waals surface area contributed by atoms with Crippen molar-refractivity contribution < 1.29 is 19.4 Å². The van der Waals surface area contributed by atoms with Crippen molar-refractivity contribution in [2.45, 2.75) is 18.9 Å². The third-order valence-corrected chi connectivity index (χ3v) is 3.80. The topological polar surface area (TPSA) is 59.0 Å². The fraction of sp³-hybridized carbons (Fsp3) is 0.462. The Balaban J connectivity index is 1.90. The van der Waals surface area contributed by atoms with Crippen LogP contribution in [0.2, 0.25) is 5.02 Å². The van der Waals surface area contributed by atoms with E-state index in [2.05, 4.69) is 0 Å². The van der Waals surface area contributed by atoms with E-state index in [9.17, 15) is 9.90 Å². The Labute approximate surface area is 115 Å². The second-order valence-corrected chi connectivity index (χ2v) is 5.08. The van der Waals surface area contributed by atoms with Gasteiger partial charge in [-0.15, -0.1) is 0 Å². The molecule has 0 bridgehead atoms. The molecule has 0 radical (unpaired) electrons. The lowest BCUT2D eigenvalue weighted by molar-refractivity contribution is 0.0677. The van der Waals surface area contributed by atoms with E-state index in [1.165, 1.54) is 0 Å². The maximum atomic E-state index is 12.4. The van der Waals surface area contributed by atoms with Crippen molar-refractivity contribution in [2.24, 2.45) is 0 Å². The van der Waals surface area contributed by atoms with Crippen LogP contribution >= 0.6 is 11.6 Å². The molecule has 0 saturated carbocycles. The predicted molar refractivity (Wildman–Crippen MR) is 68.7 cm³/mol. The molecule has 1 saturated heterocycles. The number of fused-ring (bicyclic) bond motifs is 1. The molecule has 1 fully saturated rings. The maximum absolute atomic E-state index is 12.4. The summed E-state index contributed by atoms with van der Waals surface area (Å²) in [6.07, 6.45) is 1.75. The van der Waals surface area contributed by atoms with Gasteiger partial charge < -0.3 is 19.5 Å². The van der Waals surface area contributed by atoms with Crippen molar-refractivity contribution in [1.29, 1.82) is 0 Å². The molecule has 2 aliphatic heterocycles. The molecule has 1 aromatic rings. The molecule has 2 aliphatic rings. The summed E-state index contributed by atoms with van der Waals surface area (Å²) < 4.78 is 10.5. The van der Waals surface area contributed by atoms with Crippen molar-refractivity contribution in [3.8, 4) is 11.5 Å². The van der Waals surface area contributed by atoms with E-state index in [0.29, 0.717) is 28.6 Å². The molecule has 5 nitrogen and oxygen atoms in total. The first-order valence-electron chi connectivity index (χ1n) is 6.21. The Kier molecular flexibility index (Phi) is 3.24. The summed E-state index contributed by atoms with van der Waals surface area (Å²) in [7, 11) is 0. The number of ether oxygens (including phenoxy) is 2. The van der Waals surface area contributed by atoms with Crippen LogP contribution < -0.4 is 9.47 Å². The van der Waals surface area contributed by atoms with Crippen LogP contribution in [0.15, 0.2) is 12.1 Å². The Bertz CT molecular complexity index is 520. The molecule has 0 spiro atoms. The highest BCUT2D eigenvalue weighted by Gasteiger charge is 2.30. The lowest BCUT2D eigenvalue weighted by Crippen LogP contribution is -2.37. The highest BCUT2D eigenvalue weighted by Crippen LogP contribution is 2.40. The quantitative estimate of drug-likeness (QED) is 0.897. The summed E-state index contributed by atoms with van der Waals surface area (Å²) in [5.41, 5.74) is 0.467. The number of hydrogen-bond donors (Lipinski definition) is 1. The van der Waals surface area contributed by atoms with Crippen LogP contribution in [0.3, 0.4) is 0 Å². The fourth-order valence-corrected chi connectivity index (χ4v) is 2.81.